The summed E-state index contributed by atoms with van der Waals surface area (Å²) in [6.07, 6.45) is 0. The number of thiazole rings is 1. The zero-order valence-corrected chi connectivity index (χ0v) is 11.8. The average molecular weight is 286 g/mol. The maximum absolute atomic E-state index is 5.34. The highest BCUT2D eigenvalue weighted by molar-refractivity contribution is 7.22. The van der Waals surface area contributed by atoms with Crippen LogP contribution in [0.15, 0.2) is 18.2 Å². The van der Waals surface area contributed by atoms with Crippen LogP contribution in [0.25, 0.3) is 10.2 Å². The fourth-order valence-electron chi connectivity index (χ4n) is 2.07. The van der Waals surface area contributed by atoms with Crippen molar-refractivity contribution in [2.75, 3.05) is 38.2 Å². The van der Waals surface area contributed by atoms with Crippen molar-refractivity contribution in [3.05, 3.63) is 18.2 Å². The molecule has 0 spiro atoms. The number of nitrogens with one attached hydrogen (secondary N) is 1. The minimum Gasteiger partial charge on any atom is -0.494 e. The maximum Gasteiger partial charge on any atom is 0.186 e. The SMILES string of the molecule is COc1cccc2sc(N3CCNCC3)nc12.Cl. The Labute approximate surface area is 116 Å². The molecule has 0 bridgehead atoms. The Morgan fingerprint density at radius 2 is 2.11 bits per heavy atom. The molecule has 3 rings (SSSR count). The molecule has 1 saturated heterocycles. The van der Waals surface area contributed by atoms with Gasteiger partial charge in [0.1, 0.15) is 11.3 Å². The number of benzene rings is 1. The highest BCUT2D eigenvalue weighted by Gasteiger charge is 2.16. The van der Waals surface area contributed by atoms with Gasteiger partial charge in [-0.3, -0.25) is 0 Å². The fourth-order valence-corrected chi connectivity index (χ4v) is 3.10. The van der Waals surface area contributed by atoms with Gasteiger partial charge in [-0.15, -0.1) is 12.4 Å². The predicted octanol–water partition coefficient (Wildman–Crippen LogP) is 2.14. The van der Waals surface area contributed by atoms with Crippen molar-refractivity contribution in [2.45, 2.75) is 0 Å². The Morgan fingerprint density at radius 1 is 1.33 bits per heavy atom. The third-order valence-electron chi connectivity index (χ3n) is 2.98. The summed E-state index contributed by atoms with van der Waals surface area (Å²) in [5.41, 5.74) is 0.980. The van der Waals surface area contributed by atoms with Crippen LogP contribution in [0.5, 0.6) is 5.75 Å². The van der Waals surface area contributed by atoms with Gasteiger partial charge < -0.3 is 15.0 Å². The van der Waals surface area contributed by atoms with Crippen molar-refractivity contribution in [3.63, 3.8) is 0 Å². The number of hydrogen-bond acceptors (Lipinski definition) is 5. The van der Waals surface area contributed by atoms with E-state index in [0.29, 0.717) is 0 Å². The first-order valence-electron chi connectivity index (χ1n) is 5.78. The van der Waals surface area contributed by atoms with E-state index in [0.717, 1.165) is 42.6 Å². The average Bonchev–Trinajstić information content (AvgIpc) is 2.83. The van der Waals surface area contributed by atoms with E-state index in [9.17, 15) is 0 Å². The molecule has 1 aromatic carbocycles. The van der Waals surface area contributed by atoms with Gasteiger partial charge in [-0.2, -0.15) is 0 Å². The lowest BCUT2D eigenvalue weighted by Gasteiger charge is -2.26. The van der Waals surface area contributed by atoms with Gasteiger partial charge in [0.2, 0.25) is 0 Å². The molecule has 0 unspecified atom stereocenters. The number of ether oxygens (including phenoxy) is 1. The van der Waals surface area contributed by atoms with E-state index in [4.69, 9.17) is 9.72 Å². The van der Waals surface area contributed by atoms with Gasteiger partial charge in [0.25, 0.3) is 0 Å². The summed E-state index contributed by atoms with van der Waals surface area (Å²) in [5.74, 6) is 0.861. The second-order valence-electron chi connectivity index (χ2n) is 4.04. The Hall–Kier alpha value is -1.04. The molecule has 0 aliphatic carbocycles. The number of methoxy groups -OCH3 is 1. The van der Waals surface area contributed by atoms with Crippen molar-refractivity contribution >= 4 is 39.1 Å². The minimum absolute atomic E-state index is 0. The zero-order valence-electron chi connectivity index (χ0n) is 10.2. The van der Waals surface area contributed by atoms with Crippen molar-refractivity contribution in [1.29, 1.82) is 0 Å². The molecule has 0 saturated carbocycles. The van der Waals surface area contributed by atoms with Crippen LogP contribution in [0, 0.1) is 0 Å². The van der Waals surface area contributed by atoms with Crippen LogP contribution in [0.3, 0.4) is 0 Å². The van der Waals surface area contributed by atoms with E-state index in [2.05, 4.69) is 16.3 Å². The molecule has 1 fully saturated rings. The van der Waals surface area contributed by atoms with Gasteiger partial charge in [0.15, 0.2) is 5.13 Å². The number of nitrogens with zero attached hydrogens (tertiary/aromatic N) is 2. The first-order chi connectivity index (χ1) is 8.38. The fraction of sp³-hybridized carbons (Fsp3) is 0.417. The van der Waals surface area contributed by atoms with Crippen LogP contribution in [-0.4, -0.2) is 38.3 Å². The molecular weight excluding hydrogens is 270 g/mol. The summed E-state index contributed by atoms with van der Waals surface area (Å²) in [4.78, 5) is 7.03. The number of halogens is 1. The van der Waals surface area contributed by atoms with E-state index in [-0.39, 0.29) is 12.4 Å². The summed E-state index contributed by atoms with van der Waals surface area (Å²) in [7, 11) is 1.69. The molecule has 0 atom stereocenters. The summed E-state index contributed by atoms with van der Waals surface area (Å²) in [6.45, 7) is 4.13. The molecule has 1 aliphatic heterocycles. The molecule has 2 aromatic rings. The Balaban J connectivity index is 0.00000120. The van der Waals surface area contributed by atoms with Crippen LogP contribution >= 0.6 is 23.7 Å². The molecule has 6 heteroatoms. The first kappa shape index (κ1) is 13.4. The van der Waals surface area contributed by atoms with Crippen molar-refractivity contribution < 1.29 is 4.74 Å². The van der Waals surface area contributed by atoms with Crippen molar-refractivity contribution in [2.24, 2.45) is 0 Å². The topological polar surface area (TPSA) is 37.4 Å². The lowest BCUT2D eigenvalue weighted by Crippen LogP contribution is -2.43. The van der Waals surface area contributed by atoms with Crippen LogP contribution in [0.1, 0.15) is 0 Å². The number of fused-ring (bicyclic) bond motifs is 1. The van der Waals surface area contributed by atoms with Crippen molar-refractivity contribution in [1.82, 2.24) is 10.3 Å². The third-order valence-corrected chi connectivity index (χ3v) is 4.06. The Kier molecular flexibility index (Phi) is 4.27. The monoisotopic (exact) mass is 285 g/mol. The molecule has 0 radical (unpaired) electrons. The van der Waals surface area contributed by atoms with Gasteiger partial charge >= 0.3 is 0 Å². The van der Waals surface area contributed by atoms with Crippen LogP contribution in [-0.2, 0) is 0 Å². The van der Waals surface area contributed by atoms with Crippen LogP contribution < -0.4 is 15.0 Å². The van der Waals surface area contributed by atoms with E-state index >= 15 is 0 Å². The Morgan fingerprint density at radius 3 is 2.83 bits per heavy atom. The number of hydrogen-bond donors (Lipinski definition) is 1. The van der Waals surface area contributed by atoms with Crippen LogP contribution in [0.2, 0.25) is 0 Å². The third kappa shape index (κ3) is 2.39. The lowest BCUT2D eigenvalue weighted by atomic mass is 10.3. The second-order valence-corrected chi connectivity index (χ2v) is 5.05. The van der Waals surface area contributed by atoms with Crippen LogP contribution in [0.4, 0.5) is 5.13 Å². The lowest BCUT2D eigenvalue weighted by molar-refractivity contribution is 0.419. The van der Waals surface area contributed by atoms with E-state index in [1.807, 2.05) is 12.1 Å². The molecule has 18 heavy (non-hydrogen) atoms. The predicted molar refractivity (Wildman–Crippen MR) is 78.5 cm³/mol. The first-order valence-corrected chi connectivity index (χ1v) is 6.59. The summed E-state index contributed by atoms with van der Waals surface area (Å²) >= 11 is 1.74. The number of anilines is 1. The molecule has 1 aliphatic rings. The quantitative estimate of drug-likeness (QED) is 0.917. The number of piperazine rings is 1. The number of para-hydroxylation sites is 1. The number of aromatic nitrogens is 1. The molecular formula is C12H16ClN3OS. The van der Waals surface area contributed by atoms with E-state index in [1.54, 1.807) is 18.4 Å². The Bertz CT molecular complexity index is 525. The van der Waals surface area contributed by atoms with Gasteiger partial charge in [0, 0.05) is 26.2 Å². The zero-order chi connectivity index (χ0) is 11.7. The largest absolute Gasteiger partial charge is 0.494 e. The van der Waals surface area contributed by atoms with Gasteiger partial charge in [-0.05, 0) is 12.1 Å². The molecule has 2 heterocycles. The molecule has 1 aromatic heterocycles. The van der Waals surface area contributed by atoms with Gasteiger partial charge in [-0.25, -0.2) is 4.98 Å². The summed E-state index contributed by atoms with van der Waals surface area (Å²) in [5, 5.41) is 4.45. The number of rotatable bonds is 2. The van der Waals surface area contributed by atoms with E-state index in [1.165, 1.54) is 4.70 Å². The summed E-state index contributed by atoms with van der Waals surface area (Å²) < 4.78 is 6.53. The normalized spacial score (nSPS) is 15.5. The molecule has 4 nitrogen and oxygen atoms in total. The minimum atomic E-state index is 0. The molecule has 1 N–H and O–H groups in total. The summed E-state index contributed by atoms with van der Waals surface area (Å²) in [6, 6.07) is 6.08. The van der Waals surface area contributed by atoms with E-state index < -0.39 is 0 Å². The smallest absolute Gasteiger partial charge is 0.186 e. The van der Waals surface area contributed by atoms with Gasteiger partial charge in [0.05, 0.1) is 11.8 Å². The highest BCUT2D eigenvalue weighted by atomic mass is 35.5. The standard InChI is InChI=1S/C12H15N3OS.ClH/c1-16-9-3-2-4-10-11(9)14-12(17-10)15-7-5-13-6-8-15;/h2-4,13H,5-8H2,1H3;1H. The van der Waals surface area contributed by atoms with Gasteiger partial charge in [-0.1, -0.05) is 17.4 Å². The molecule has 0 amide bonds. The second kappa shape index (κ2) is 5.73. The van der Waals surface area contributed by atoms with Crippen molar-refractivity contribution in [3.8, 4) is 5.75 Å². The highest BCUT2D eigenvalue weighted by Crippen LogP contribution is 2.33. The molecule has 98 valence electrons. The maximum atomic E-state index is 5.34.